The molecule has 0 fully saturated rings. The summed E-state index contributed by atoms with van der Waals surface area (Å²) in [5.74, 6) is -0.338. The second-order valence-electron chi connectivity index (χ2n) is 2.76. The van der Waals surface area contributed by atoms with Crippen molar-refractivity contribution >= 4 is 17.6 Å². The van der Waals surface area contributed by atoms with Crippen LogP contribution in [-0.2, 0) is 11.3 Å². The van der Waals surface area contributed by atoms with E-state index in [2.05, 4.69) is 6.58 Å². The number of aromatic nitrogens is 1. The van der Waals surface area contributed by atoms with Crippen LogP contribution in [-0.4, -0.2) is 17.1 Å². The van der Waals surface area contributed by atoms with Crippen molar-refractivity contribution in [3.05, 3.63) is 35.6 Å². The topological polar surface area (TPSA) is 31.2 Å². The zero-order chi connectivity index (χ0) is 10.6. The Morgan fingerprint density at radius 1 is 1.71 bits per heavy atom. The Bertz CT molecular complexity index is 344. The lowest BCUT2D eigenvalue weighted by molar-refractivity contribution is 0.0514. The van der Waals surface area contributed by atoms with E-state index in [0.717, 1.165) is 0 Å². The molecule has 0 aliphatic rings. The van der Waals surface area contributed by atoms with E-state index in [1.807, 2.05) is 0 Å². The highest BCUT2D eigenvalue weighted by molar-refractivity contribution is 6.29. The molecule has 3 nitrogen and oxygen atoms in total. The van der Waals surface area contributed by atoms with Crippen molar-refractivity contribution in [2.45, 2.75) is 13.5 Å². The van der Waals surface area contributed by atoms with Gasteiger partial charge in [0.2, 0.25) is 0 Å². The third-order valence-electron chi connectivity index (χ3n) is 1.66. The summed E-state index contributed by atoms with van der Waals surface area (Å²) in [6.45, 7) is 6.12. The van der Waals surface area contributed by atoms with E-state index in [4.69, 9.17) is 16.3 Å². The first-order valence-electron chi connectivity index (χ1n) is 4.30. The lowest BCUT2D eigenvalue weighted by atomic mass is 10.4. The van der Waals surface area contributed by atoms with Crippen LogP contribution in [0.4, 0.5) is 0 Å². The molecule has 1 aromatic heterocycles. The maximum atomic E-state index is 11.4. The van der Waals surface area contributed by atoms with Crippen LogP contribution in [0.3, 0.4) is 0 Å². The minimum Gasteiger partial charge on any atom is -0.461 e. The second kappa shape index (κ2) is 4.86. The molecular formula is C10H12ClNO2. The smallest absolute Gasteiger partial charge is 0.354 e. The molecular weight excluding hydrogens is 202 g/mol. The fourth-order valence-electron chi connectivity index (χ4n) is 1.13. The highest BCUT2D eigenvalue weighted by Crippen LogP contribution is 2.09. The number of nitrogens with zero attached hydrogens (tertiary/aromatic N) is 1. The number of allylic oxidation sites excluding steroid dienone is 1. The summed E-state index contributed by atoms with van der Waals surface area (Å²) < 4.78 is 6.58. The molecule has 0 N–H and O–H groups in total. The van der Waals surface area contributed by atoms with E-state index in [-0.39, 0.29) is 5.97 Å². The summed E-state index contributed by atoms with van der Waals surface area (Å²) in [4.78, 5) is 11.4. The van der Waals surface area contributed by atoms with Gasteiger partial charge in [-0.25, -0.2) is 4.79 Å². The van der Waals surface area contributed by atoms with Crippen LogP contribution < -0.4 is 0 Å². The van der Waals surface area contributed by atoms with Crippen LogP contribution >= 0.6 is 11.6 Å². The van der Waals surface area contributed by atoms with E-state index in [1.54, 1.807) is 29.8 Å². The van der Waals surface area contributed by atoms with Gasteiger partial charge in [-0.15, -0.1) is 0 Å². The van der Waals surface area contributed by atoms with E-state index < -0.39 is 0 Å². The summed E-state index contributed by atoms with van der Waals surface area (Å²) >= 11 is 5.66. The van der Waals surface area contributed by atoms with Crippen LogP contribution in [0.15, 0.2) is 29.9 Å². The van der Waals surface area contributed by atoms with E-state index in [9.17, 15) is 4.79 Å². The van der Waals surface area contributed by atoms with Crippen molar-refractivity contribution in [2.75, 3.05) is 6.61 Å². The molecule has 4 heteroatoms. The third-order valence-corrected chi connectivity index (χ3v) is 1.78. The monoisotopic (exact) mass is 213 g/mol. The first-order valence-corrected chi connectivity index (χ1v) is 4.68. The average molecular weight is 214 g/mol. The fraction of sp³-hybridized carbons (Fsp3) is 0.300. The Balaban J connectivity index is 2.81. The van der Waals surface area contributed by atoms with Crippen LogP contribution in [0.1, 0.15) is 17.4 Å². The molecule has 0 spiro atoms. The van der Waals surface area contributed by atoms with E-state index in [0.29, 0.717) is 23.9 Å². The van der Waals surface area contributed by atoms with Crippen LogP contribution in [0.25, 0.3) is 0 Å². The Morgan fingerprint density at radius 3 is 3.00 bits per heavy atom. The number of hydrogen-bond acceptors (Lipinski definition) is 2. The summed E-state index contributed by atoms with van der Waals surface area (Å²) in [7, 11) is 0. The third kappa shape index (κ3) is 2.64. The molecule has 0 bridgehead atoms. The van der Waals surface area contributed by atoms with Crippen molar-refractivity contribution < 1.29 is 9.53 Å². The van der Waals surface area contributed by atoms with Gasteiger partial charge in [0.25, 0.3) is 0 Å². The fourth-order valence-corrected chi connectivity index (χ4v) is 1.26. The maximum Gasteiger partial charge on any atom is 0.354 e. The Kier molecular flexibility index (Phi) is 3.77. The second-order valence-corrected chi connectivity index (χ2v) is 3.29. The first-order chi connectivity index (χ1) is 6.65. The van der Waals surface area contributed by atoms with Gasteiger partial charge in [-0.05, 0) is 19.1 Å². The molecule has 14 heavy (non-hydrogen) atoms. The summed E-state index contributed by atoms with van der Waals surface area (Å²) in [5, 5.41) is 0.478. The van der Waals surface area contributed by atoms with Crippen LogP contribution in [0, 0.1) is 0 Å². The number of halogens is 1. The zero-order valence-corrected chi connectivity index (χ0v) is 8.75. The van der Waals surface area contributed by atoms with Gasteiger partial charge >= 0.3 is 5.97 Å². The predicted molar refractivity (Wildman–Crippen MR) is 55.4 cm³/mol. The summed E-state index contributed by atoms with van der Waals surface area (Å²) in [6, 6.07) is 3.46. The number of hydrogen-bond donors (Lipinski definition) is 0. The van der Waals surface area contributed by atoms with E-state index >= 15 is 0 Å². The van der Waals surface area contributed by atoms with Gasteiger partial charge in [-0.2, -0.15) is 0 Å². The first kappa shape index (κ1) is 10.9. The van der Waals surface area contributed by atoms with Gasteiger partial charge < -0.3 is 9.30 Å². The van der Waals surface area contributed by atoms with Gasteiger partial charge in [0, 0.05) is 11.2 Å². The van der Waals surface area contributed by atoms with Gasteiger partial charge in [-0.1, -0.05) is 18.2 Å². The molecule has 0 aliphatic heterocycles. The maximum absolute atomic E-state index is 11.4. The molecule has 0 aromatic carbocycles. The van der Waals surface area contributed by atoms with Crippen molar-refractivity contribution in [1.82, 2.24) is 4.57 Å². The van der Waals surface area contributed by atoms with Crippen molar-refractivity contribution in [2.24, 2.45) is 0 Å². The minimum absolute atomic E-state index is 0.338. The molecule has 0 saturated heterocycles. The molecule has 0 amide bonds. The largest absolute Gasteiger partial charge is 0.461 e. The molecule has 0 radical (unpaired) electrons. The van der Waals surface area contributed by atoms with Crippen LogP contribution in [0.5, 0.6) is 0 Å². The molecule has 0 atom stereocenters. The number of esters is 1. The summed E-state index contributed by atoms with van der Waals surface area (Å²) in [6.07, 6.45) is 1.76. The average Bonchev–Trinajstić information content (AvgIpc) is 2.51. The molecule has 0 unspecified atom stereocenters. The highest BCUT2D eigenvalue weighted by Gasteiger charge is 2.11. The normalized spacial score (nSPS) is 9.86. The summed E-state index contributed by atoms with van der Waals surface area (Å²) in [5.41, 5.74) is 0.494. The minimum atomic E-state index is -0.338. The molecule has 0 aliphatic carbocycles. The van der Waals surface area contributed by atoms with Crippen LogP contribution in [0.2, 0.25) is 0 Å². The Hall–Kier alpha value is -1.22. The van der Waals surface area contributed by atoms with Crippen molar-refractivity contribution in [1.29, 1.82) is 0 Å². The highest BCUT2D eigenvalue weighted by atomic mass is 35.5. The van der Waals surface area contributed by atoms with Gasteiger partial charge in [0.1, 0.15) is 5.69 Å². The van der Waals surface area contributed by atoms with Gasteiger partial charge in [0.05, 0.1) is 13.2 Å². The molecule has 1 aromatic rings. The number of carbonyl (C=O) groups is 1. The zero-order valence-electron chi connectivity index (χ0n) is 8.00. The molecule has 76 valence electrons. The van der Waals surface area contributed by atoms with E-state index in [1.165, 1.54) is 0 Å². The molecule has 1 heterocycles. The number of rotatable bonds is 4. The van der Waals surface area contributed by atoms with Gasteiger partial charge in [0.15, 0.2) is 0 Å². The quantitative estimate of drug-likeness (QED) is 0.720. The lowest BCUT2D eigenvalue weighted by Crippen LogP contribution is -2.11. The van der Waals surface area contributed by atoms with Crippen molar-refractivity contribution in [3.8, 4) is 0 Å². The lowest BCUT2D eigenvalue weighted by Gasteiger charge is -2.06. The Morgan fingerprint density at radius 2 is 2.43 bits per heavy atom. The number of ether oxygens (including phenoxy) is 1. The Labute approximate surface area is 87.9 Å². The SMILES string of the molecule is C=C(Cl)Cn1cccc1C(=O)OCC. The standard InChI is InChI=1S/C10H12ClNO2/c1-3-14-10(13)9-5-4-6-12(9)7-8(2)11/h4-6H,2-3,7H2,1H3. The number of carbonyl (C=O) groups excluding carboxylic acids is 1. The van der Waals surface area contributed by atoms with Crippen molar-refractivity contribution in [3.63, 3.8) is 0 Å². The van der Waals surface area contributed by atoms with Gasteiger partial charge in [-0.3, -0.25) is 0 Å². The predicted octanol–water partition coefficient (Wildman–Crippen LogP) is 2.42. The molecule has 1 rings (SSSR count). The molecule has 0 saturated carbocycles.